The smallest absolute Gasteiger partial charge is 0.261 e. The standard InChI is InChI=1S/C38H38N2O6/c1-24-34(22-39-19-18-30(42)21-39)45-38(46-35(24)27-12-10-25(23-41)11-13-27)28-16-14-26(15-17-28)31-7-3-2-6-29(31)20-40-36(43)32-8-4-5-9-33(32)37(40)44/h2-17,24,30,34-35,38,41-42H,18-23H2,1H3/t24-,30+,34+,35+,38+/m1/s1. The Morgan fingerprint density at radius 3 is 2.04 bits per heavy atom. The fraction of sp³-hybridized carbons (Fsp3) is 0.316. The van der Waals surface area contributed by atoms with Crippen LogP contribution in [-0.2, 0) is 22.6 Å². The largest absolute Gasteiger partial charge is 0.392 e. The number of carbonyl (C=O) groups is 2. The number of hydrogen-bond acceptors (Lipinski definition) is 7. The lowest BCUT2D eigenvalue weighted by atomic mass is 9.90. The molecular formula is C38H38N2O6. The molecule has 0 unspecified atom stereocenters. The molecule has 46 heavy (non-hydrogen) atoms. The van der Waals surface area contributed by atoms with Crippen molar-refractivity contribution in [3.05, 3.63) is 130 Å². The van der Waals surface area contributed by atoms with Gasteiger partial charge in [-0.15, -0.1) is 0 Å². The third-order valence-corrected chi connectivity index (χ3v) is 9.53. The van der Waals surface area contributed by atoms with Crippen LogP contribution >= 0.6 is 0 Å². The molecule has 2 fully saturated rings. The number of β-amino-alcohol motifs (C(OH)–C–C–N with tert-alkyl or cyclic N) is 1. The zero-order valence-corrected chi connectivity index (χ0v) is 25.8. The van der Waals surface area contributed by atoms with E-state index in [-0.39, 0.29) is 49.2 Å². The number of likely N-dealkylation sites (tertiary alicyclic amines) is 1. The summed E-state index contributed by atoms with van der Waals surface area (Å²) in [5, 5.41) is 19.7. The highest BCUT2D eigenvalue weighted by Gasteiger charge is 2.40. The molecule has 0 radical (unpaired) electrons. The summed E-state index contributed by atoms with van der Waals surface area (Å²) in [5.41, 5.74) is 6.43. The second kappa shape index (κ2) is 12.9. The lowest BCUT2D eigenvalue weighted by molar-refractivity contribution is -0.276. The first-order valence-corrected chi connectivity index (χ1v) is 15.9. The molecule has 8 heteroatoms. The summed E-state index contributed by atoms with van der Waals surface area (Å²) >= 11 is 0. The highest BCUT2D eigenvalue weighted by atomic mass is 16.7. The predicted octanol–water partition coefficient (Wildman–Crippen LogP) is 5.50. The third kappa shape index (κ3) is 5.90. The molecule has 2 saturated heterocycles. The van der Waals surface area contributed by atoms with E-state index in [1.54, 1.807) is 24.3 Å². The van der Waals surface area contributed by atoms with E-state index in [2.05, 4.69) is 11.8 Å². The number of hydrogen-bond donors (Lipinski definition) is 2. The number of fused-ring (bicyclic) bond motifs is 1. The first-order valence-electron chi connectivity index (χ1n) is 15.9. The van der Waals surface area contributed by atoms with Crippen molar-refractivity contribution in [3.63, 3.8) is 0 Å². The number of nitrogens with zero attached hydrogens (tertiary/aromatic N) is 2. The summed E-state index contributed by atoms with van der Waals surface area (Å²) in [6, 6.07) is 30.7. The van der Waals surface area contributed by atoms with Gasteiger partial charge >= 0.3 is 0 Å². The molecule has 2 N–H and O–H groups in total. The van der Waals surface area contributed by atoms with Gasteiger partial charge in [-0.05, 0) is 46.4 Å². The van der Waals surface area contributed by atoms with Crippen LogP contribution in [0.4, 0.5) is 0 Å². The van der Waals surface area contributed by atoms with E-state index in [0.717, 1.165) is 46.3 Å². The lowest BCUT2D eigenvalue weighted by Crippen LogP contribution is -2.44. The van der Waals surface area contributed by atoms with E-state index in [9.17, 15) is 19.8 Å². The van der Waals surface area contributed by atoms with Crippen molar-refractivity contribution in [3.8, 4) is 11.1 Å². The van der Waals surface area contributed by atoms with Gasteiger partial charge in [0.2, 0.25) is 0 Å². The Kier molecular flexibility index (Phi) is 8.55. The van der Waals surface area contributed by atoms with Gasteiger partial charge in [-0.1, -0.05) is 91.9 Å². The average Bonchev–Trinajstić information content (AvgIpc) is 3.61. The maximum Gasteiger partial charge on any atom is 0.261 e. The molecular weight excluding hydrogens is 580 g/mol. The van der Waals surface area contributed by atoms with Crippen LogP contribution in [0.15, 0.2) is 97.1 Å². The zero-order chi connectivity index (χ0) is 31.8. The summed E-state index contributed by atoms with van der Waals surface area (Å²) in [6.07, 6.45) is -0.474. The summed E-state index contributed by atoms with van der Waals surface area (Å²) in [6.45, 7) is 4.49. The third-order valence-electron chi connectivity index (χ3n) is 9.53. The Hall–Kier alpha value is -4.18. The van der Waals surface area contributed by atoms with Crippen molar-refractivity contribution in [1.29, 1.82) is 0 Å². The Morgan fingerprint density at radius 2 is 1.41 bits per heavy atom. The van der Waals surface area contributed by atoms with Gasteiger partial charge in [0.1, 0.15) is 0 Å². The van der Waals surface area contributed by atoms with Gasteiger partial charge < -0.3 is 19.7 Å². The molecule has 3 aliphatic rings. The normalized spacial score (nSPS) is 24.8. The monoisotopic (exact) mass is 618 g/mol. The molecule has 3 heterocycles. The van der Waals surface area contributed by atoms with E-state index in [1.165, 1.54) is 4.90 Å². The number of imide groups is 1. The molecule has 5 atom stereocenters. The second-order valence-electron chi connectivity index (χ2n) is 12.5. The maximum absolute atomic E-state index is 13.1. The van der Waals surface area contributed by atoms with Crippen LogP contribution in [0.25, 0.3) is 11.1 Å². The predicted molar refractivity (Wildman–Crippen MR) is 173 cm³/mol. The summed E-state index contributed by atoms with van der Waals surface area (Å²) in [4.78, 5) is 29.7. The van der Waals surface area contributed by atoms with Crippen LogP contribution in [0.1, 0.15) is 68.7 Å². The van der Waals surface area contributed by atoms with E-state index in [0.29, 0.717) is 24.2 Å². The molecule has 8 nitrogen and oxygen atoms in total. The molecule has 4 aromatic rings. The topological polar surface area (TPSA) is 99.5 Å². The Balaban J connectivity index is 1.13. The number of carbonyl (C=O) groups excluding carboxylic acids is 2. The molecule has 0 aliphatic carbocycles. The van der Waals surface area contributed by atoms with Gasteiger partial charge in [0.25, 0.3) is 11.8 Å². The van der Waals surface area contributed by atoms with Gasteiger partial charge in [-0.25, -0.2) is 0 Å². The van der Waals surface area contributed by atoms with E-state index < -0.39 is 6.29 Å². The number of aliphatic hydroxyl groups is 2. The van der Waals surface area contributed by atoms with Gasteiger partial charge in [0, 0.05) is 31.1 Å². The van der Waals surface area contributed by atoms with Crippen molar-refractivity contribution in [2.75, 3.05) is 19.6 Å². The van der Waals surface area contributed by atoms with Crippen molar-refractivity contribution in [1.82, 2.24) is 9.80 Å². The Labute approximate surface area is 268 Å². The van der Waals surface area contributed by atoms with Crippen LogP contribution in [0.2, 0.25) is 0 Å². The second-order valence-corrected chi connectivity index (χ2v) is 12.5. The Morgan fingerprint density at radius 1 is 0.783 bits per heavy atom. The molecule has 4 aromatic carbocycles. The van der Waals surface area contributed by atoms with Crippen molar-refractivity contribution in [2.45, 2.75) is 51.1 Å². The fourth-order valence-corrected chi connectivity index (χ4v) is 6.87. The maximum atomic E-state index is 13.1. The highest BCUT2D eigenvalue weighted by molar-refractivity contribution is 6.21. The van der Waals surface area contributed by atoms with E-state index in [4.69, 9.17) is 9.47 Å². The minimum atomic E-state index is -0.598. The average molecular weight is 619 g/mol. The van der Waals surface area contributed by atoms with Crippen LogP contribution in [0, 0.1) is 5.92 Å². The minimum absolute atomic E-state index is 0.0131. The van der Waals surface area contributed by atoms with Crippen LogP contribution in [0.3, 0.4) is 0 Å². The van der Waals surface area contributed by atoms with Crippen molar-refractivity contribution in [2.24, 2.45) is 5.92 Å². The summed E-state index contributed by atoms with van der Waals surface area (Å²) in [5.74, 6) is -0.488. The van der Waals surface area contributed by atoms with Crippen LogP contribution in [-0.4, -0.2) is 63.7 Å². The SMILES string of the molecule is C[C@@H]1[C@H](CN2CC[C@H](O)C2)O[C@H](c2ccc(-c3ccccc3CN3C(=O)c4ccccc4C3=O)cc2)O[C@@H]1c1ccc(CO)cc1. The number of amides is 2. The zero-order valence-electron chi connectivity index (χ0n) is 25.8. The molecule has 7 rings (SSSR count). The van der Waals surface area contributed by atoms with Crippen molar-refractivity contribution < 1.29 is 29.3 Å². The summed E-state index contributed by atoms with van der Waals surface area (Å²) < 4.78 is 13.3. The quantitative estimate of drug-likeness (QED) is 0.252. The molecule has 0 bridgehead atoms. The summed E-state index contributed by atoms with van der Waals surface area (Å²) in [7, 11) is 0. The number of aliphatic hydroxyl groups excluding tert-OH is 2. The molecule has 236 valence electrons. The lowest BCUT2D eigenvalue weighted by Gasteiger charge is -2.42. The van der Waals surface area contributed by atoms with Gasteiger partial charge in [-0.2, -0.15) is 0 Å². The van der Waals surface area contributed by atoms with Crippen LogP contribution in [0.5, 0.6) is 0 Å². The van der Waals surface area contributed by atoms with E-state index in [1.807, 2.05) is 72.8 Å². The highest BCUT2D eigenvalue weighted by Crippen LogP contribution is 2.42. The molecule has 0 spiro atoms. The fourth-order valence-electron chi connectivity index (χ4n) is 6.87. The molecule has 3 aliphatic heterocycles. The molecule has 0 aromatic heterocycles. The Bertz CT molecular complexity index is 1690. The number of rotatable bonds is 8. The number of ether oxygens (including phenoxy) is 2. The molecule has 0 saturated carbocycles. The molecule has 2 amide bonds. The van der Waals surface area contributed by atoms with Gasteiger partial charge in [0.05, 0.1) is 42.6 Å². The van der Waals surface area contributed by atoms with Crippen LogP contribution < -0.4 is 0 Å². The van der Waals surface area contributed by atoms with E-state index >= 15 is 0 Å². The number of benzene rings is 4. The van der Waals surface area contributed by atoms with Crippen molar-refractivity contribution >= 4 is 11.8 Å². The first kappa shape index (κ1) is 30.5. The first-order chi connectivity index (χ1) is 22.4. The van der Waals surface area contributed by atoms with Gasteiger partial charge in [-0.3, -0.25) is 19.4 Å². The minimum Gasteiger partial charge on any atom is -0.392 e. The van der Waals surface area contributed by atoms with Gasteiger partial charge in [0.15, 0.2) is 6.29 Å².